The average molecular weight is 645 g/mol. The molecule has 0 saturated carbocycles. The van der Waals surface area contributed by atoms with Gasteiger partial charge in [-0.3, -0.25) is 13.9 Å². The molecule has 2 amide bonds. The fourth-order valence-corrected chi connectivity index (χ4v) is 5.11. The van der Waals surface area contributed by atoms with E-state index < -0.39 is 27.4 Å². The number of nitrogens with one attached hydrogen (secondary N) is 3. The Hall–Kier alpha value is -4.71. The minimum absolute atomic E-state index is 0.0501. The van der Waals surface area contributed by atoms with E-state index in [0.717, 1.165) is 27.4 Å². The third-order valence-electron chi connectivity index (χ3n) is 7.41. The number of rotatable bonds is 15. The monoisotopic (exact) mass is 644 g/mol. The molecule has 0 aliphatic heterocycles. The van der Waals surface area contributed by atoms with Gasteiger partial charge >= 0.3 is 0 Å². The van der Waals surface area contributed by atoms with E-state index in [-0.39, 0.29) is 49.2 Å². The van der Waals surface area contributed by atoms with Crippen LogP contribution in [0.3, 0.4) is 0 Å². The number of hydrogen-bond acceptors (Lipinski definition) is 7. The van der Waals surface area contributed by atoms with Gasteiger partial charge in [-0.05, 0) is 48.4 Å². The van der Waals surface area contributed by atoms with Crippen molar-refractivity contribution in [2.45, 2.75) is 25.2 Å². The maximum atomic E-state index is 13.5. The third-order valence-corrected chi connectivity index (χ3v) is 8.61. The van der Waals surface area contributed by atoms with Gasteiger partial charge in [0.15, 0.2) is 0 Å². The Bertz CT molecular complexity index is 1710. The Balaban J connectivity index is 1.53. The SMILES string of the molecule is C[C@@H](NC(=O)c1cc(C(=O)NCC(O)(CNc2ccccc2)COCc2ccccc2)cc(N(C)S(C)(=O)=O)c1)c1ccccc1. The fraction of sp³-hybridized carbons (Fsp3) is 0.257. The predicted molar refractivity (Wildman–Crippen MR) is 180 cm³/mol. The summed E-state index contributed by atoms with van der Waals surface area (Å²) in [5, 5.41) is 20.4. The van der Waals surface area contributed by atoms with Crippen LogP contribution >= 0.6 is 0 Å². The zero-order chi connectivity index (χ0) is 33.2. The molecule has 0 heterocycles. The minimum Gasteiger partial charge on any atom is -0.384 e. The van der Waals surface area contributed by atoms with Gasteiger partial charge in [-0.25, -0.2) is 8.42 Å². The highest BCUT2D eigenvalue weighted by Gasteiger charge is 2.29. The van der Waals surface area contributed by atoms with Gasteiger partial charge in [0.1, 0.15) is 5.60 Å². The fourth-order valence-electron chi connectivity index (χ4n) is 4.62. The molecular weight excluding hydrogens is 604 g/mol. The van der Waals surface area contributed by atoms with Crippen molar-refractivity contribution in [2.24, 2.45) is 0 Å². The van der Waals surface area contributed by atoms with Crippen LogP contribution in [-0.2, 0) is 21.4 Å². The second-order valence-electron chi connectivity index (χ2n) is 11.2. The van der Waals surface area contributed by atoms with Gasteiger partial charge in [-0.2, -0.15) is 0 Å². The molecule has 4 aromatic rings. The number of sulfonamides is 1. The number of para-hydroxylation sites is 1. The molecular formula is C35H40N4O6S. The lowest BCUT2D eigenvalue weighted by molar-refractivity contribution is -0.0406. The number of aliphatic hydroxyl groups is 1. The van der Waals surface area contributed by atoms with Crippen LogP contribution in [0.2, 0.25) is 0 Å². The molecule has 4 N–H and O–H groups in total. The second-order valence-corrected chi connectivity index (χ2v) is 13.2. The van der Waals surface area contributed by atoms with Crippen molar-refractivity contribution in [3.63, 3.8) is 0 Å². The molecule has 0 aliphatic rings. The number of anilines is 2. The Morgan fingerprint density at radius 3 is 2.02 bits per heavy atom. The van der Waals surface area contributed by atoms with Gasteiger partial charge in [-0.15, -0.1) is 0 Å². The number of nitrogens with zero attached hydrogens (tertiary/aromatic N) is 1. The van der Waals surface area contributed by atoms with Crippen LogP contribution in [0.5, 0.6) is 0 Å². The van der Waals surface area contributed by atoms with Crippen LogP contribution in [0.15, 0.2) is 109 Å². The van der Waals surface area contributed by atoms with Gasteiger partial charge in [0.05, 0.1) is 37.7 Å². The Labute approximate surface area is 270 Å². The smallest absolute Gasteiger partial charge is 0.251 e. The highest BCUT2D eigenvalue weighted by atomic mass is 32.2. The van der Waals surface area contributed by atoms with Crippen molar-refractivity contribution in [1.82, 2.24) is 10.6 Å². The molecule has 1 unspecified atom stereocenters. The van der Waals surface area contributed by atoms with Crippen molar-refractivity contribution in [1.29, 1.82) is 0 Å². The summed E-state index contributed by atoms with van der Waals surface area (Å²) in [6.07, 6.45) is 1.03. The summed E-state index contributed by atoms with van der Waals surface area (Å²) in [7, 11) is -2.36. The largest absolute Gasteiger partial charge is 0.384 e. The highest BCUT2D eigenvalue weighted by molar-refractivity contribution is 7.92. The lowest BCUT2D eigenvalue weighted by atomic mass is 10.0. The first-order chi connectivity index (χ1) is 21.9. The lowest BCUT2D eigenvalue weighted by Gasteiger charge is -2.29. The van der Waals surface area contributed by atoms with Crippen LogP contribution in [-0.4, -0.2) is 63.9 Å². The molecule has 0 bridgehead atoms. The molecule has 0 aromatic heterocycles. The number of amides is 2. The van der Waals surface area contributed by atoms with Gasteiger partial charge in [0.25, 0.3) is 11.8 Å². The molecule has 0 radical (unpaired) electrons. The number of hydrogen-bond donors (Lipinski definition) is 4. The van der Waals surface area contributed by atoms with Crippen molar-refractivity contribution in [2.75, 3.05) is 42.6 Å². The van der Waals surface area contributed by atoms with Gasteiger partial charge in [-0.1, -0.05) is 78.9 Å². The van der Waals surface area contributed by atoms with Crippen molar-refractivity contribution in [3.05, 3.63) is 131 Å². The molecule has 10 nitrogen and oxygen atoms in total. The molecule has 0 spiro atoms. The topological polar surface area (TPSA) is 137 Å². The van der Waals surface area contributed by atoms with E-state index in [9.17, 15) is 23.1 Å². The van der Waals surface area contributed by atoms with Crippen molar-refractivity contribution >= 4 is 33.2 Å². The zero-order valence-electron chi connectivity index (χ0n) is 26.1. The van der Waals surface area contributed by atoms with Crippen LogP contribution in [0.1, 0.15) is 44.8 Å². The molecule has 242 valence electrons. The van der Waals surface area contributed by atoms with E-state index in [2.05, 4.69) is 16.0 Å². The summed E-state index contributed by atoms with van der Waals surface area (Å²) in [4.78, 5) is 26.8. The summed E-state index contributed by atoms with van der Waals surface area (Å²) in [6.45, 7) is 1.87. The van der Waals surface area contributed by atoms with Gasteiger partial charge in [0.2, 0.25) is 10.0 Å². The average Bonchev–Trinajstić information content (AvgIpc) is 3.06. The highest BCUT2D eigenvalue weighted by Crippen LogP contribution is 2.22. The van der Waals surface area contributed by atoms with E-state index in [1.54, 1.807) is 0 Å². The van der Waals surface area contributed by atoms with Crippen LogP contribution in [0.4, 0.5) is 11.4 Å². The predicted octanol–water partition coefficient (Wildman–Crippen LogP) is 4.36. The molecule has 0 fully saturated rings. The summed E-state index contributed by atoms with van der Waals surface area (Å²) in [5.41, 5.74) is 1.38. The third kappa shape index (κ3) is 9.90. The molecule has 0 saturated heterocycles. The van der Waals surface area contributed by atoms with E-state index >= 15 is 0 Å². The Morgan fingerprint density at radius 1 is 0.848 bits per heavy atom. The quantitative estimate of drug-likeness (QED) is 0.151. The molecule has 0 aliphatic carbocycles. The number of benzene rings is 4. The standard InChI is InChI=1S/C35H40N4O6S/c1-26(28-15-9-5-10-16-28)38-34(41)30-19-29(20-32(21-30)39(2)46(3,43)44)33(40)37-24-35(42,23-36-31-17-11-6-12-18-31)25-45-22-27-13-7-4-8-14-27/h4-21,26,36,42H,22-25H2,1-3H3,(H,37,40)(H,38,41)/t26-,35?/m1/s1. The molecule has 2 atom stereocenters. The summed E-state index contributed by atoms with van der Waals surface area (Å²) < 4.78 is 31.6. The van der Waals surface area contributed by atoms with Gasteiger partial charge < -0.3 is 25.8 Å². The normalized spacial score (nSPS) is 13.2. The van der Waals surface area contributed by atoms with E-state index in [1.807, 2.05) is 97.9 Å². The Morgan fingerprint density at radius 2 is 1.41 bits per heavy atom. The van der Waals surface area contributed by atoms with Gasteiger partial charge in [0, 0.05) is 30.4 Å². The molecule has 11 heteroatoms. The number of carbonyl (C=O) groups excluding carboxylic acids is 2. The summed E-state index contributed by atoms with van der Waals surface area (Å²) in [6, 6.07) is 32.1. The van der Waals surface area contributed by atoms with Crippen LogP contribution in [0.25, 0.3) is 0 Å². The first-order valence-corrected chi connectivity index (χ1v) is 16.6. The first kappa shape index (κ1) is 34.2. The zero-order valence-corrected chi connectivity index (χ0v) is 27.0. The Kier molecular flexibility index (Phi) is 11.5. The summed E-state index contributed by atoms with van der Waals surface area (Å²) in [5.74, 6) is -1.08. The van der Waals surface area contributed by atoms with Crippen molar-refractivity contribution < 1.29 is 27.9 Å². The maximum Gasteiger partial charge on any atom is 0.251 e. The number of ether oxygens (including phenoxy) is 1. The van der Waals surface area contributed by atoms with Crippen molar-refractivity contribution in [3.8, 4) is 0 Å². The molecule has 4 rings (SSSR count). The minimum atomic E-state index is -3.70. The van der Waals surface area contributed by atoms with Crippen LogP contribution < -0.4 is 20.3 Å². The van der Waals surface area contributed by atoms with E-state index in [1.165, 1.54) is 25.2 Å². The second kappa shape index (κ2) is 15.5. The van der Waals surface area contributed by atoms with Crippen LogP contribution in [0, 0.1) is 0 Å². The van der Waals surface area contributed by atoms with E-state index in [0.29, 0.717) is 0 Å². The van der Waals surface area contributed by atoms with E-state index in [4.69, 9.17) is 4.74 Å². The first-order valence-electron chi connectivity index (χ1n) is 14.8. The molecule has 4 aromatic carbocycles. The summed E-state index contributed by atoms with van der Waals surface area (Å²) >= 11 is 0. The number of carbonyl (C=O) groups is 2. The molecule has 46 heavy (non-hydrogen) atoms. The maximum absolute atomic E-state index is 13.5. The lowest BCUT2D eigenvalue weighted by Crippen LogP contribution is -2.51.